The van der Waals surface area contributed by atoms with Gasteiger partial charge < -0.3 is 14.6 Å². The van der Waals surface area contributed by atoms with Crippen LogP contribution in [0.25, 0.3) is 0 Å². The number of alkyl halides is 2. The van der Waals surface area contributed by atoms with Crippen LogP contribution in [-0.4, -0.2) is 40.6 Å². The third-order valence-electron chi connectivity index (χ3n) is 5.53. The van der Waals surface area contributed by atoms with E-state index in [1.165, 1.54) is 24.3 Å². The molecule has 8 heteroatoms. The fourth-order valence-corrected chi connectivity index (χ4v) is 3.33. The molecule has 1 saturated carbocycles. The number of carboxylic acid groups (broad SMARTS) is 1. The molecule has 0 amide bonds. The van der Waals surface area contributed by atoms with Gasteiger partial charge in [-0.15, -0.1) is 0 Å². The Morgan fingerprint density at radius 2 is 1.53 bits per heavy atom. The minimum Gasteiger partial charge on any atom is -0.477 e. The lowest BCUT2D eigenvalue weighted by atomic mass is 9.83. The quantitative estimate of drug-likeness (QED) is 0.597. The Balaban J connectivity index is 2.15. The van der Waals surface area contributed by atoms with Gasteiger partial charge in [-0.05, 0) is 57.4 Å². The van der Waals surface area contributed by atoms with E-state index in [4.69, 9.17) is 14.6 Å². The summed E-state index contributed by atoms with van der Waals surface area (Å²) in [6, 6.07) is 5.23. The minimum absolute atomic E-state index is 0.0525. The molecule has 166 valence electrons. The molecule has 1 atom stereocenters. The highest BCUT2D eigenvalue weighted by atomic mass is 19.3. The van der Waals surface area contributed by atoms with Gasteiger partial charge in [0.1, 0.15) is 5.60 Å². The lowest BCUT2D eigenvalue weighted by molar-refractivity contribution is -0.189. The number of carboxylic acids is 1. The fraction of sp³-hybridized carbons (Fsp3) is 0.591. The second-order valence-electron chi connectivity index (χ2n) is 8.23. The molecule has 6 nitrogen and oxygen atoms in total. The molecule has 0 spiro atoms. The van der Waals surface area contributed by atoms with Crippen molar-refractivity contribution in [1.29, 1.82) is 0 Å². The van der Waals surface area contributed by atoms with Gasteiger partial charge in [0.25, 0.3) is 0 Å². The molecular weight excluding hydrogens is 398 g/mol. The molecule has 1 aliphatic rings. The van der Waals surface area contributed by atoms with Crippen LogP contribution in [0.3, 0.4) is 0 Å². The Labute approximate surface area is 174 Å². The summed E-state index contributed by atoms with van der Waals surface area (Å²) in [5, 5.41) is 8.94. The van der Waals surface area contributed by atoms with Crippen LogP contribution in [0, 0.1) is 5.92 Å². The molecule has 1 aromatic carbocycles. The van der Waals surface area contributed by atoms with Crippen LogP contribution in [0.15, 0.2) is 24.3 Å². The van der Waals surface area contributed by atoms with Gasteiger partial charge in [-0.25, -0.2) is 14.4 Å². The van der Waals surface area contributed by atoms with Crippen LogP contribution < -0.4 is 0 Å². The first-order chi connectivity index (χ1) is 14.0. The summed E-state index contributed by atoms with van der Waals surface area (Å²) in [7, 11) is 0. The monoisotopic (exact) mass is 426 g/mol. The second kappa shape index (κ2) is 9.53. The summed E-state index contributed by atoms with van der Waals surface area (Å²) in [4.78, 5) is 35.7. The normalized spacial score (nSPS) is 16.6. The van der Waals surface area contributed by atoms with Gasteiger partial charge in [-0.2, -0.15) is 8.78 Å². The zero-order valence-corrected chi connectivity index (χ0v) is 17.5. The standard InChI is InChI=1S/C22H28F2O6/c1-4-21(2,3)30-19(26)16-12-10-15(11-13-16)18(25)29-17(22(23,24)20(27)28)14-8-6-5-7-9-14/h10-14,17H,4-9H2,1-3H3,(H,27,28). The van der Waals surface area contributed by atoms with Crippen LogP contribution in [0.5, 0.6) is 0 Å². The van der Waals surface area contributed by atoms with E-state index in [1.54, 1.807) is 13.8 Å². The Kier molecular flexibility index (Phi) is 7.55. The summed E-state index contributed by atoms with van der Waals surface area (Å²) in [6.07, 6.45) is 1.56. The number of hydrogen-bond acceptors (Lipinski definition) is 5. The summed E-state index contributed by atoms with van der Waals surface area (Å²) in [5.41, 5.74) is -0.499. The summed E-state index contributed by atoms with van der Waals surface area (Å²) in [5.74, 6) is -8.85. The van der Waals surface area contributed by atoms with Crippen LogP contribution in [0.4, 0.5) is 8.78 Å². The minimum atomic E-state index is -4.19. The van der Waals surface area contributed by atoms with Crippen molar-refractivity contribution in [2.24, 2.45) is 5.92 Å². The second-order valence-corrected chi connectivity index (χ2v) is 8.23. The third-order valence-corrected chi connectivity index (χ3v) is 5.53. The van der Waals surface area contributed by atoms with Crippen LogP contribution in [0.2, 0.25) is 0 Å². The van der Waals surface area contributed by atoms with Crippen molar-refractivity contribution in [3.63, 3.8) is 0 Å². The first kappa shape index (κ1) is 23.8. The predicted molar refractivity (Wildman–Crippen MR) is 105 cm³/mol. The maximum atomic E-state index is 14.3. The van der Waals surface area contributed by atoms with E-state index >= 15 is 0 Å². The lowest BCUT2D eigenvalue weighted by Crippen LogP contribution is -2.48. The number of esters is 2. The average molecular weight is 426 g/mol. The molecule has 0 saturated heterocycles. The number of halogens is 2. The third kappa shape index (κ3) is 5.77. The number of carbonyl (C=O) groups is 3. The first-order valence-electron chi connectivity index (χ1n) is 10.1. The molecule has 0 aromatic heterocycles. The van der Waals surface area contributed by atoms with Crippen molar-refractivity contribution in [3.8, 4) is 0 Å². The van der Waals surface area contributed by atoms with E-state index in [0.717, 1.165) is 6.42 Å². The van der Waals surface area contributed by atoms with Gasteiger partial charge in [-0.3, -0.25) is 0 Å². The van der Waals surface area contributed by atoms with Crippen LogP contribution in [-0.2, 0) is 14.3 Å². The highest BCUT2D eigenvalue weighted by Gasteiger charge is 2.53. The van der Waals surface area contributed by atoms with Crippen molar-refractivity contribution >= 4 is 17.9 Å². The molecule has 0 aliphatic heterocycles. The molecule has 1 unspecified atom stereocenters. The number of ether oxygens (including phenoxy) is 2. The summed E-state index contributed by atoms with van der Waals surface area (Å²) in [6.45, 7) is 5.41. The molecule has 1 aromatic rings. The summed E-state index contributed by atoms with van der Waals surface area (Å²) < 4.78 is 39.0. The van der Waals surface area contributed by atoms with E-state index < -0.39 is 41.5 Å². The molecule has 0 heterocycles. The Hall–Kier alpha value is -2.51. The first-order valence-corrected chi connectivity index (χ1v) is 10.1. The van der Waals surface area contributed by atoms with Gasteiger partial charge in [-0.1, -0.05) is 26.2 Å². The van der Waals surface area contributed by atoms with Crippen molar-refractivity contribution in [2.75, 3.05) is 0 Å². The Bertz CT molecular complexity index is 766. The Morgan fingerprint density at radius 3 is 2.00 bits per heavy atom. The highest BCUT2D eigenvalue weighted by Crippen LogP contribution is 2.36. The predicted octanol–water partition coefficient (Wildman–Crippen LogP) is 4.86. The molecule has 1 aliphatic carbocycles. The van der Waals surface area contributed by atoms with Gasteiger partial charge in [0.05, 0.1) is 11.1 Å². The molecular formula is C22H28F2O6. The SMILES string of the molecule is CCC(C)(C)OC(=O)c1ccc(C(=O)OC(C2CCCCC2)C(F)(F)C(=O)O)cc1. The van der Waals surface area contributed by atoms with Crippen LogP contribution in [0.1, 0.15) is 80.0 Å². The fourth-order valence-electron chi connectivity index (χ4n) is 3.33. The average Bonchev–Trinajstić information content (AvgIpc) is 2.72. The molecule has 0 radical (unpaired) electrons. The lowest BCUT2D eigenvalue weighted by Gasteiger charge is -2.33. The van der Waals surface area contributed by atoms with Gasteiger partial charge in [0, 0.05) is 5.92 Å². The number of hydrogen-bond donors (Lipinski definition) is 1. The van der Waals surface area contributed by atoms with E-state index in [0.29, 0.717) is 32.1 Å². The number of carbonyl (C=O) groups excluding carboxylic acids is 2. The number of benzene rings is 1. The van der Waals surface area contributed by atoms with Gasteiger partial charge in [0.2, 0.25) is 0 Å². The molecule has 1 fully saturated rings. The molecule has 2 rings (SSSR count). The summed E-state index contributed by atoms with van der Waals surface area (Å²) >= 11 is 0. The van der Waals surface area contributed by atoms with E-state index in [1.807, 2.05) is 6.92 Å². The van der Waals surface area contributed by atoms with Crippen molar-refractivity contribution < 1.29 is 37.7 Å². The number of aliphatic carboxylic acids is 1. The maximum Gasteiger partial charge on any atom is 0.378 e. The topological polar surface area (TPSA) is 89.9 Å². The van der Waals surface area contributed by atoms with Crippen molar-refractivity contribution in [3.05, 3.63) is 35.4 Å². The van der Waals surface area contributed by atoms with Gasteiger partial charge >= 0.3 is 23.8 Å². The van der Waals surface area contributed by atoms with E-state index in [2.05, 4.69) is 0 Å². The maximum absolute atomic E-state index is 14.3. The molecule has 0 bridgehead atoms. The molecule has 30 heavy (non-hydrogen) atoms. The smallest absolute Gasteiger partial charge is 0.378 e. The Morgan fingerprint density at radius 1 is 1.03 bits per heavy atom. The van der Waals surface area contributed by atoms with Crippen molar-refractivity contribution in [2.45, 2.75) is 76.9 Å². The van der Waals surface area contributed by atoms with Crippen LogP contribution >= 0.6 is 0 Å². The van der Waals surface area contributed by atoms with Crippen molar-refractivity contribution in [1.82, 2.24) is 0 Å². The van der Waals surface area contributed by atoms with E-state index in [9.17, 15) is 23.2 Å². The molecule has 1 N–H and O–H groups in total. The van der Waals surface area contributed by atoms with Gasteiger partial charge in [0.15, 0.2) is 6.10 Å². The zero-order valence-electron chi connectivity index (χ0n) is 17.5. The largest absolute Gasteiger partial charge is 0.477 e. The van der Waals surface area contributed by atoms with E-state index in [-0.39, 0.29) is 11.1 Å². The zero-order chi connectivity index (χ0) is 22.5. The highest BCUT2D eigenvalue weighted by molar-refractivity contribution is 5.93. The number of rotatable bonds is 8.